The van der Waals surface area contributed by atoms with Crippen molar-refractivity contribution >= 4 is 21.4 Å². The molecule has 20 heavy (non-hydrogen) atoms. The first kappa shape index (κ1) is 15.9. The highest BCUT2D eigenvalue weighted by molar-refractivity contribution is 7.91. The number of hydrogen-bond donors (Lipinski definition) is 2. The number of rotatable bonds is 7. The smallest absolute Gasteiger partial charge is 0.250 e. The van der Waals surface area contributed by atoms with Gasteiger partial charge in [-0.05, 0) is 50.9 Å². The van der Waals surface area contributed by atoms with Crippen molar-refractivity contribution in [1.82, 2.24) is 10.0 Å². The van der Waals surface area contributed by atoms with E-state index in [9.17, 15) is 8.42 Å². The highest BCUT2D eigenvalue weighted by Gasteiger charge is 2.20. The van der Waals surface area contributed by atoms with Crippen LogP contribution in [0.1, 0.15) is 17.7 Å². The van der Waals surface area contributed by atoms with Gasteiger partial charge in [-0.25, -0.2) is 13.1 Å². The van der Waals surface area contributed by atoms with Gasteiger partial charge in [0.1, 0.15) is 4.21 Å². The van der Waals surface area contributed by atoms with Crippen LogP contribution in [0.2, 0.25) is 0 Å². The predicted molar refractivity (Wildman–Crippen MR) is 80.7 cm³/mol. The average molecular weight is 318 g/mol. The molecule has 0 aliphatic carbocycles. The molecule has 1 aromatic rings. The van der Waals surface area contributed by atoms with Gasteiger partial charge in [0.25, 0.3) is 0 Å². The van der Waals surface area contributed by atoms with E-state index in [2.05, 4.69) is 10.0 Å². The lowest BCUT2D eigenvalue weighted by atomic mass is 10.0. The Morgan fingerprint density at radius 1 is 1.35 bits per heavy atom. The Morgan fingerprint density at radius 3 is 2.80 bits per heavy atom. The van der Waals surface area contributed by atoms with Crippen LogP contribution in [0.5, 0.6) is 0 Å². The molecule has 2 N–H and O–H groups in total. The zero-order chi connectivity index (χ0) is 14.4. The van der Waals surface area contributed by atoms with Gasteiger partial charge < -0.3 is 10.1 Å². The lowest BCUT2D eigenvalue weighted by Crippen LogP contribution is -2.31. The molecule has 114 valence electrons. The van der Waals surface area contributed by atoms with Crippen molar-refractivity contribution in [2.45, 2.75) is 23.5 Å². The fourth-order valence-electron chi connectivity index (χ4n) is 2.13. The van der Waals surface area contributed by atoms with Crippen molar-refractivity contribution in [3.05, 3.63) is 17.0 Å². The predicted octanol–water partition coefficient (Wildman–Crippen LogP) is 1.21. The Morgan fingerprint density at radius 2 is 2.10 bits per heavy atom. The molecule has 1 aliphatic heterocycles. The molecule has 0 saturated carbocycles. The summed E-state index contributed by atoms with van der Waals surface area (Å²) in [5.74, 6) is 0.391. The van der Waals surface area contributed by atoms with E-state index in [1.54, 1.807) is 6.07 Å². The molecule has 1 fully saturated rings. The summed E-state index contributed by atoms with van der Waals surface area (Å²) in [6.45, 7) is 2.84. The number of ether oxygens (including phenoxy) is 1. The Labute approximate surface area is 124 Å². The highest BCUT2D eigenvalue weighted by atomic mass is 32.2. The topological polar surface area (TPSA) is 67.4 Å². The number of sulfonamides is 1. The van der Waals surface area contributed by atoms with Gasteiger partial charge in [-0.2, -0.15) is 0 Å². The van der Waals surface area contributed by atoms with Crippen LogP contribution in [0.4, 0.5) is 0 Å². The van der Waals surface area contributed by atoms with E-state index in [0.29, 0.717) is 16.7 Å². The van der Waals surface area contributed by atoms with E-state index in [0.717, 1.165) is 43.9 Å². The van der Waals surface area contributed by atoms with Gasteiger partial charge in [0.15, 0.2) is 0 Å². The van der Waals surface area contributed by atoms with Crippen LogP contribution in [-0.4, -0.2) is 41.8 Å². The number of hydrogen-bond acceptors (Lipinski definition) is 5. The summed E-state index contributed by atoms with van der Waals surface area (Å²) in [6.07, 6.45) is 2.72. The van der Waals surface area contributed by atoms with Crippen molar-refractivity contribution in [3.63, 3.8) is 0 Å². The van der Waals surface area contributed by atoms with E-state index in [-0.39, 0.29) is 0 Å². The molecular weight excluding hydrogens is 296 g/mol. The third kappa shape index (κ3) is 4.53. The molecule has 2 heterocycles. The molecule has 0 amide bonds. The Kier molecular flexibility index (Phi) is 5.98. The van der Waals surface area contributed by atoms with E-state index < -0.39 is 10.0 Å². The molecule has 0 atom stereocenters. The molecule has 2 rings (SSSR count). The van der Waals surface area contributed by atoms with Crippen LogP contribution in [0.3, 0.4) is 0 Å². The van der Waals surface area contributed by atoms with Crippen LogP contribution in [0.15, 0.2) is 16.3 Å². The zero-order valence-corrected chi connectivity index (χ0v) is 13.4. The van der Waals surface area contributed by atoms with Gasteiger partial charge in [0.05, 0.1) is 0 Å². The minimum atomic E-state index is -3.36. The van der Waals surface area contributed by atoms with Gasteiger partial charge in [0, 0.05) is 24.6 Å². The first-order valence-corrected chi connectivity index (χ1v) is 9.22. The van der Waals surface area contributed by atoms with E-state index in [1.807, 2.05) is 13.1 Å². The third-order valence-corrected chi connectivity index (χ3v) is 6.49. The number of thiophene rings is 1. The minimum absolute atomic E-state index is 0.391. The van der Waals surface area contributed by atoms with Crippen LogP contribution in [0, 0.1) is 5.92 Å². The molecule has 0 aromatic carbocycles. The summed E-state index contributed by atoms with van der Waals surface area (Å²) in [6, 6.07) is 3.59. The molecule has 1 saturated heterocycles. The van der Waals surface area contributed by atoms with Crippen LogP contribution in [0.25, 0.3) is 0 Å². The maximum atomic E-state index is 12.2. The second kappa shape index (κ2) is 7.51. The lowest BCUT2D eigenvalue weighted by molar-refractivity contribution is 0.0678. The van der Waals surface area contributed by atoms with Crippen LogP contribution >= 0.6 is 11.3 Å². The summed E-state index contributed by atoms with van der Waals surface area (Å²) in [7, 11) is -1.47. The molecule has 5 nitrogen and oxygen atoms in total. The lowest BCUT2D eigenvalue weighted by Gasteiger charge is -2.21. The molecular formula is C13H22N2O3S2. The summed E-state index contributed by atoms with van der Waals surface area (Å²) in [5, 5.41) is 3.06. The zero-order valence-electron chi connectivity index (χ0n) is 11.7. The summed E-state index contributed by atoms with van der Waals surface area (Å²) in [4.78, 5) is 1.09. The monoisotopic (exact) mass is 318 g/mol. The van der Waals surface area contributed by atoms with E-state index in [1.165, 1.54) is 11.3 Å². The number of nitrogens with one attached hydrogen (secondary N) is 2. The van der Waals surface area contributed by atoms with Gasteiger partial charge in [0.2, 0.25) is 10.0 Å². The fraction of sp³-hybridized carbons (Fsp3) is 0.692. The van der Waals surface area contributed by atoms with E-state index in [4.69, 9.17) is 4.74 Å². The van der Waals surface area contributed by atoms with Gasteiger partial charge in [-0.1, -0.05) is 0 Å². The van der Waals surface area contributed by atoms with Crippen molar-refractivity contribution in [1.29, 1.82) is 0 Å². The Hall–Kier alpha value is -0.470. The quantitative estimate of drug-likeness (QED) is 0.793. The maximum absolute atomic E-state index is 12.2. The minimum Gasteiger partial charge on any atom is -0.381 e. The van der Waals surface area contributed by atoms with Crippen LogP contribution < -0.4 is 10.0 Å². The molecule has 1 aromatic heterocycles. The van der Waals surface area contributed by atoms with Crippen LogP contribution in [-0.2, 0) is 21.2 Å². The second-order valence-electron chi connectivity index (χ2n) is 4.98. The molecule has 0 radical (unpaired) electrons. The second-order valence-corrected chi connectivity index (χ2v) is 8.14. The van der Waals surface area contributed by atoms with Crippen molar-refractivity contribution < 1.29 is 13.2 Å². The average Bonchev–Trinajstić information content (AvgIpc) is 2.94. The normalized spacial score (nSPS) is 17.4. The standard InChI is InChI=1S/C13H22N2O3S2/c1-14-7-4-12-2-3-13(19-12)20(16,17)15-10-11-5-8-18-9-6-11/h2-3,11,14-15H,4-10H2,1H3. The molecule has 0 spiro atoms. The summed E-state index contributed by atoms with van der Waals surface area (Å²) < 4.78 is 32.8. The van der Waals surface area contributed by atoms with Gasteiger partial charge >= 0.3 is 0 Å². The fourth-order valence-corrected chi connectivity index (χ4v) is 4.65. The molecule has 0 bridgehead atoms. The summed E-state index contributed by atoms with van der Waals surface area (Å²) >= 11 is 1.35. The van der Waals surface area contributed by atoms with Crippen molar-refractivity contribution in [2.24, 2.45) is 5.92 Å². The maximum Gasteiger partial charge on any atom is 0.250 e. The summed E-state index contributed by atoms with van der Waals surface area (Å²) in [5.41, 5.74) is 0. The molecule has 0 unspecified atom stereocenters. The SMILES string of the molecule is CNCCc1ccc(S(=O)(=O)NCC2CCOCC2)s1. The molecule has 1 aliphatic rings. The first-order valence-electron chi connectivity index (χ1n) is 6.92. The number of likely N-dealkylation sites (N-methyl/N-ethyl adjacent to an activating group) is 1. The van der Waals surface area contributed by atoms with Crippen molar-refractivity contribution in [2.75, 3.05) is 33.4 Å². The van der Waals surface area contributed by atoms with Gasteiger partial charge in [-0.15, -0.1) is 11.3 Å². The van der Waals surface area contributed by atoms with E-state index >= 15 is 0 Å². The molecule has 7 heteroatoms. The largest absolute Gasteiger partial charge is 0.381 e. The third-order valence-electron chi connectivity index (χ3n) is 3.43. The Bertz CT molecular complexity index is 507. The van der Waals surface area contributed by atoms with Gasteiger partial charge in [-0.3, -0.25) is 0 Å². The van der Waals surface area contributed by atoms with Crippen molar-refractivity contribution in [3.8, 4) is 0 Å². The Balaban J connectivity index is 1.90. The first-order chi connectivity index (χ1) is 9.62. The highest BCUT2D eigenvalue weighted by Crippen LogP contribution is 2.22.